The lowest BCUT2D eigenvalue weighted by molar-refractivity contribution is -0.136. The van der Waals surface area contributed by atoms with Crippen LogP contribution in [0, 0.1) is 6.92 Å². The highest BCUT2D eigenvalue weighted by Gasteiger charge is 2.27. The van der Waals surface area contributed by atoms with Crippen LogP contribution in [0.15, 0.2) is 6.07 Å². The fraction of sp³-hybridized carbons (Fsp3) is 0.727. The molecule has 1 atom stereocenters. The van der Waals surface area contributed by atoms with Crippen LogP contribution in [-0.2, 0) is 6.54 Å². The smallest absolute Gasteiger partial charge is 0.387 e. The van der Waals surface area contributed by atoms with Gasteiger partial charge in [0.2, 0.25) is 0 Å². The maximum absolute atomic E-state index is 12.0. The Morgan fingerprint density at radius 1 is 1.47 bits per heavy atom. The molecule has 1 unspecified atom stereocenters. The van der Waals surface area contributed by atoms with Crippen molar-refractivity contribution in [2.24, 2.45) is 0 Å². The summed E-state index contributed by atoms with van der Waals surface area (Å²) in [6.45, 7) is 4.26. The fourth-order valence-corrected chi connectivity index (χ4v) is 1.73. The van der Waals surface area contributed by atoms with Crippen LogP contribution in [0.25, 0.3) is 0 Å². The van der Waals surface area contributed by atoms with Crippen LogP contribution >= 0.6 is 0 Å². The predicted octanol–water partition coefficient (Wildman–Crippen LogP) is 2.98. The summed E-state index contributed by atoms with van der Waals surface area (Å²) >= 11 is 0. The minimum absolute atomic E-state index is 0.0708. The van der Waals surface area contributed by atoms with E-state index in [9.17, 15) is 18.3 Å². The second-order valence-electron chi connectivity index (χ2n) is 4.05. The number of halogens is 3. The molecule has 98 valence electrons. The normalized spacial score (nSPS) is 14.0. The zero-order chi connectivity index (χ0) is 13.1. The van der Waals surface area contributed by atoms with E-state index in [1.54, 1.807) is 17.7 Å². The average molecular weight is 250 g/mol. The third-order valence-corrected chi connectivity index (χ3v) is 2.51. The number of nitrogens with zero attached hydrogens (tertiary/aromatic N) is 2. The summed E-state index contributed by atoms with van der Waals surface area (Å²) in [6, 6.07) is 1.71. The summed E-state index contributed by atoms with van der Waals surface area (Å²) in [4.78, 5) is 0. The van der Waals surface area contributed by atoms with Gasteiger partial charge in [-0.25, -0.2) is 0 Å². The number of rotatable bonds is 5. The summed E-state index contributed by atoms with van der Waals surface area (Å²) in [7, 11) is 0. The van der Waals surface area contributed by atoms with Crippen LogP contribution in [0.5, 0.6) is 0 Å². The number of aryl methyl sites for hydroxylation is 2. The molecule has 1 aromatic rings. The van der Waals surface area contributed by atoms with Gasteiger partial charge in [-0.2, -0.15) is 18.3 Å². The van der Waals surface area contributed by atoms with E-state index in [-0.39, 0.29) is 12.8 Å². The van der Waals surface area contributed by atoms with Crippen molar-refractivity contribution >= 4 is 0 Å². The second kappa shape index (κ2) is 5.53. The van der Waals surface area contributed by atoms with Crippen molar-refractivity contribution in [3.05, 3.63) is 17.5 Å². The van der Waals surface area contributed by atoms with Gasteiger partial charge in [0.05, 0.1) is 17.5 Å². The van der Waals surface area contributed by atoms with E-state index in [0.29, 0.717) is 12.2 Å². The van der Waals surface area contributed by atoms with Crippen molar-refractivity contribution in [3.63, 3.8) is 0 Å². The Morgan fingerprint density at radius 3 is 2.65 bits per heavy atom. The van der Waals surface area contributed by atoms with Gasteiger partial charge in [0.15, 0.2) is 0 Å². The summed E-state index contributed by atoms with van der Waals surface area (Å²) in [5.74, 6) is 0. The molecule has 1 rings (SSSR count). The van der Waals surface area contributed by atoms with Gasteiger partial charge in [-0.05, 0) is 32.8 Å². The summed E-state index contributed by atoms with van der Waals surface area (Å²) in [5, 5.41) is 14.0. The first-order chi connectivity index (χ1) is 7.83. The molecule has 1 heterocycles. The Hall–Kier alpha value is -1.04. The van der Waals surface area contributed by atoms with E-state index in [1.165, 1.54) is 0 Å². The zero-order valence-corrected chi connectivity index (χ0v) is 9.96. The second-order valence-corrected chi connectivity index (χ2v) is 4.05. The summed E-state index contributed by atoms with van der Waals surface area (Å²) in [6.07, 6.45) is -5.86. The van der Waals surface area contributed by atoms with Crippen molar-refractivity contribution < 1.29 is 18.3 Å². The van der Waals surface area contributed by atoms with E-state index in [2.05, 4.69) is 5.10 Å². The van der Waals surface area contributed by atoms with Gasteiger partial charge in [-0.3, -0.25) is 4.68 Å². The number of aromatic nitrogens is 2. The first-order valence-electron chi connectivity index (χ1n) is 5.62. The average Bonchev–Trinajstić information content (AvgIpc) is 2.57. The van der Waals surface area contributed by atoms with Crippen molar-refractivity contribution in [3.8, 4) is 0 Å². The lowest BCUT2D eigenvalue weighted by Gasteiger charge is -2.12. The Bertz CT molecular complexity index is 360. The number of aliphatic hydroxyl groups excluding tert-OH is 1. The third-order valence-electron chi connectivity index (χ3n) is 2.51. The molecule has 0 saturated carbocycles. The first kappa shape index (κ1) is 14.0. The van der Waals surface area contributed by atoms with Crippen LogP contribution in [0.1, 0.15) is 43.7 Å². The molecule has 0 amide bonds. The van der Waals surface area contributed by atoms with E-state index in [0.717, 1.165) is 5.69 Å². The molecule has 17 heavy (non-hydrogen) atoms. The molecule has 0 aliphatic rings. The predicted molar refractivity (Wildman–Crippen MR) is 57.5 cm³/mol. The quantitative estimate of drug-likeness (QED) is 0.872. The Kier molecular flexibility index (Phi) is 4.56. The van der Waals surface area contributed by atoms with Gasteiger partial charge in [0.25, 0.3) is 0 Å². The van der Waals surface area contributed by atoms with Gasteiger partial charge in [-0.15, -0.1) is 0 Å². The van der Waals surface area contributed by atoms with Crippen LogP contribution in [0.3, 0.4) is 0 Å². The minimum Gasteiger partial charge on any atom is -0.387 e. The molecule has 1 aromatic heterocycles. The molecule has 0 aliphatic heterocycles. The molecular weight excluding hydrogens is 233 g/mol. The van der Waals surface area contributed by atoms with Gasteiger partial charge in [-0.1, -0.05) is 0 Å². The number of hydrogen-bond donors (Lipinski definition) is 1. The van der Waals surface area contributed by atoms with Gasteiger partial charge in [0.1, 0.15) is 0 Å². The lowest BCUT2D eigenvalue weighted by Crippen LogP contribution is -2.10. The monoisotopic (exact) mass is 250 g/mol. The molecular formula is C11H17F3N2O. The number of hydrogen-bond acceptors (Lipinski definition) is 2. The van der Waals surface area contributed by atoms with Crippen LogP contribution in [0.4, 0.5) is 13.2 Å². The largest absolute Gasteiger partial charge is 0.389 e. The standard InChI is InChI=1S/C11H17F3N2O/c1-3-16-9(7-8(2)15-16)10(17)5-4-6-11(12,13)14/h7,10,17H,3-6H2,1-2H3. The van der Waals surface area contributed by atoms with Crippen LogP contribution in [0.2, 0.25) is 0 Å². The van der Waals surface area contributed by atoms with E-state index >= 15 is 0 Å². The van der Waals surface area contributed by atoms with Crippen LogP contribution in [-0.4, -0.2) is 21.1 Å². The van der Waals surface area contributed by atoms with Crippen molar-refractivity contribution in [1.29, 1.82) is 0 Å². The highest BCUT2D eigenvalue weighted by molar-refractivity contribution is 5.11. The Balaban J connectivity index is 2.54. The maximum Gasteiger partial charge on any atom is 0.389 e. The van der Waals surface area contributed by atoms with E-state index < -0.39 is 18.7 Å². The lowest BCUT2D eigenvalue weighted by atomic mass is 10.1. The molecule has 3 nitrogen and oxygen atoms in total. The fourth-order valence-electron chi connectivity index (χ4n) is 1.73. The summed E-state index contributed by atoms with van der Waals surface area (Å²) in [5.41, 5.74) is 1.35. The molecule has 0 aromatic carbocycles. The van der Waals surface area contributed by atoms with Crippen molar-refractivity contribution in [1.82, 2.24) is 9.78 Å². The van der Waals surface area contributed by atoms with Gasteiger partial charge < -0.3 is 5.11 Å². The SMILES string of the molecule is CCn1nc(C)cc1C(O)CCCC(F)(F)F. The highest BCUT2D eigenvalue weighted by Crippen LogP contribution is 2.26. The van der Waals surface area contributed by atoms with Crippen molar-refractivity contribution in [2.45, 2.75) is 51.9 Å². The molecule has 1 N–H and O–H groups in total. The highest BCUT2D eigenvalue weighted by atomic mass is 19.4. The molecule has 0 spiro atoms. The minimum atomic E-state index is -4.15. The van der Waals surface area contributed by atoms with Crippen LogP contribution < -0.4 is 0 Å². The van der Waals surface area contributed by atoms with Gasteiger partial charge >= 0.3 is 6.18 Å². The number of aliphatic hydroxyl groups is 1. The zero-order valence-electron chi connectivity index (χ0n) is 9.96. The third kappa shape index (κ3) is 4.38. The Labute approximate surface area is 98.2 Å². The van der Waals surface area contributed by atoms with Crippen molar-refractivity contribution in [2.75, 3.05) is 0 Å². The number of alkyl halides is 3. The summed E-state index contributed by atoms with van der Waals surface area (Å²) < 4.78 is 37.5. The Morgan fingerprint density at radius 2 is 2.12 bits per heavy atom. The van der Waals surface area contributed by atoms with E-state index in [4.69, 9.17) is 0 Å². The molecule has 0 radical (unpaired) electrons. The molecule has 0 aliphatic carbocycles. The molecule has 0 fully saturated rings. The molecule has 0 bridgehead atoms. The van der Waals surface area contributed by atoms with Gasteiger partial charge in [0, 0.05) is 13.0 Å². The first-order valence-corrected chi connectivity index (χ1v) is 5.62. The molecule has 6 heteroatoms. The maximum atomic E-state index is 12.0. The topological polar surface area (TPSA) is 38.0 Å². The molecule has 0 saturated heterocycles. The van der Waals surface area contributed by atoms with E-state index in [1.807, 2.05) is 6.92 Å².